The maximum atomic E-state index is 4.60. The summed E-state index contributed by atoms with van der Waals surface area (Å²) in [6.07, 6.45) is 8.52. The van der Waals surface area contributed by atoms with Gasteiger partial charge in [0.05, 0.1) is 12.2 Å². The summed E-state index contributed by atoms with van der Waals surface area (Å²) in [6.45, 7) is 6.37. The quantitative estimate of drug-likeness (QED) is 0.828. The molecule has 0 saturated heterocycles. The summed E-state index contributed by atoms with van der Waals surface area (Å²) < 4.78 is 2.29. The van der Waals surface area contributed by atoms with Crippen LogP contribution in [0.2, 0.25) is 0 Å². The Balaban J connectivity index is 2.14. The molecule has 3 nitrogen and oxygen atoms in total. The SMILES string of the molecule is CCNCc1cnn(C2CCCC2)c1CC. The Bertz CT molecular complexity index is 324. The Morgan fingerprint density at radius 3 is 2.75 bits per heavy atom. The topological polar surface area (TPSA) is 29.9 Å². The van der Waals surface area contributed by atoms with Gasteiger partial charge in [0.2, 0.25) is 0 Å². The Morgan fingerprint density at radius 1 is 1.38 bits per heavy atom. The lowest BCUT2D eigenvalue weighted by molar-refractivity contribution is 0.450. The molecular weight excluding hydrogens is 198 g/mol. The van der Waals surface area contributed by atoms with Crippen molar-refractivity contribution in [2.24, 2.45) is 0 Å². The van der Waals surface area contributed by atoms with Gasteiger partial charge in [0.1, 0.15) is 0 Å². The van der Waals surface area contributed by atoms with Crippen molar-refractivity contribution in [1.82, 2.24) is 15.1 Å². The minimum absolute atomic E-state index is 0.672. The van der Waals surface area contributed by atoms with Gasteiger partial charge >= 0.3 is 0 Å². The molecule has 0 amide bonds. The Morgan fingerprint density at radius 2 is 2.12 bits per heavy atom. The molecule has 2 rings (SSSR count). The molecule has 1 aliphatic carbocycles. The van der Waals surface area contributed by atoms with E-state index < -0.39 is 0 Å². The maximum absolute atomic E-state index is 4.60. The summed E-state index contributed by atoms with van der Waals surface area (Å²) in [7, 11) is 0. The number of nitrogens with zero attached hydrogens (tertiary/aromatic N) is 2. The summed E-state index contributed by atoms with van der Waals surface area (Å²) in [5, 5.41) is 7.99. The number of aromatic nitrogens is 2. The van der Waals surface area contributed by atoms with Gasteiger partial charge in [-0.2, -0.15) is 5.10 Å². The molecule has 0 radical (unpaired) electrons. The number of rotatable bonds is 5. The lowest BCUT2D eigenvalue weighted by Gasteiger charge is -2.14. The summed E-state index contributed by atoms with van der Waals surface area (Å²) in [4.78, 5) is 0. The highest BCUT2D eigenvalue weighted by Gasteiger charge is 2.20. The third-order valence-corrected chi connectivity index (χ3v) is 3.56. The van der Waals surface area contributed by atoms with Crippen LogP contribution in [0.4, 0.5) is 0 Å². The molecule has 0 bridgehead atoms. The lowest BCUT2D eigenvalue weighted by Crippen LogP contribution is -2.15. The standard InChI is InChI=1S/C13H23N3/c1-3-13-11(9-14-4-2)10-15-16(13)12-7-5-6-8-12/h10,12,14H,3-9H2,1-2H3. The summed E-state index contributed by atoms with van der Waals surface area (Å²) in [5.74, 6) is 0. The van der Waals surface area contributed by atoms with Crippen molar-refractivity contribution in [2.75, 3.05) is 6.54 Å². The molecule has 1 fully saturated rings. The fourth-order valence-electron chi connectivity index (χ4n) is 2.68. The first-order valence-electron chi connectivity index (χ1n) is 6.62. The van der Waals surface area contributed by atoms with Gasteiger partial charge in [-0.25, -0.2) is 0 Å². The zero-order chi connectivity index (χ0) is 11.4. The average molecular weight is 221 g/mol. The zero-order valence-electron chi connectivity index (χ0n) is 10.5. The minimum atomic E-state index is 0.672. The first-order valence-corrected chi connectivity index (χ1v) is 6.62. The average Bonchev–Trinajstić information content (AvgIpc) is 2.94. The molecule has 0 spiro atoms. The molecule has 0 unspecified atom stereocenters. The molecule has 3 heteroatoms. The smallest absolute Gasteiger partial charge is 0.0537 e. The van der Waals surface area contributed by atoms with Crippen molar-refractivity contribution in [3.05, 3.63) is 17.5 Å². The summed E-state index contributed by atoms with van der Waals surface area (Å²) >= 11 is 0. The van der Waals surface area contributed by atoms with Crippen LogP contribution in [0.15, 0.2) is 6.20 Å². The van der Waals surface area contributed by atoms with E-state index in [4.69, 9.17) is 0 Å². The van der Waals surface area contributed by atoms with Gasteiger partial charge in [-0.15, -0.1) is 0 Å². The second-order valence-electron chi connectivity index (χ2n) is 4.63. The van der Waals surface area contributed by atoms with Gasteiger partial charge in [-0.05, 0) is 25.8 Å². The first-order chi connectivity index (χ1) is 7.86. The van der Waals surface area contributed by atoms with Crippen LogP contribution in [0.1, 0.15) is 56.8 Å². The highest BCUT2D eigenvalue weighted by atomic mass is 15.3. The molecule has 90 valence electrons. The van der Waals surface area contributed by atoms with Crippen molar-refractivity contribution in [2.45, 2.75) is 58.5 Å². The molecule has 0 aliphatic heterocycles. The van der Waals surface area contributed by atoms with Gasteiger partial charge < -0.3 is 5.32 Å². The van der Waals surface area contributed by atoms with E-state index >= 15 is 0 Å². The first kappa shape index (κ1) is 11.6. The summed E-state index contributed by atoms with van der Waals surface area (Å²) in [5.41, 5.74) is 2.82. The van der Waals surface area contributed by atoms with Gasteiger partial charge in [0, 0.05) is 17.8 Å². The van der Waals surface area contributed by atoms with E-state index in [1.165, 1.54) is 36.9 Å². The number of hydrogen-bond acceptors (Lipinski definition) is 2. The van der Waals surface area contributed by atoms with E-state index in [1.54, 1.807) is 0 Å². The fraction of sp³-hybridized carbons (Fsp3) is 0.769. The zero-order valence-corrected chi connectivity index (χ0v) is 10.5. The largest absolute Gasteiger partial charge is 0.313 e. The molecule has 1 heterocycles. The van der Waals surface area contributed by atoms with Crippen LogP contribution in [-0.4, -0.2) is 16.3 Å². The van der Waals surface area contributed by atoms with E-state index in [2.05, 4.69) is 35.1 Å². The molecule has 1 saturated carbocycles. The second kappa shape index (κ2) is 5.48. The molecular formula is C13H23N3. The molecule has 1 aromatic rings. The highest BCUT2D eigenvalue weighted by molar-refractivity contribution is 5.18. The van der Waals surface area contributed by atoms with Crippen LogP contribution >= 0.6 is 0 Å². The van der Waals surface area contributed by atoms with E-state index in [1.807, 2.05) is 0 Å². The van der Waals surface area contributed by atoms with Crippen molar-refractivity contribution >= 4 is 0 Å². The van der Waals surface area contributed by atoms with Crippen molar-refractivity contribution < 1.29 is 0 Å². The van der Waals surface area contributed by atoms with Crippen LogP contribution in [-0.2, 0) is 13.0 Å². The van der Waals surface area contributed by atoms with Gasteiger partial charge in [0.25, 0.3) is 0 Å². The van der Waals surface area contributed by atoms with Gasteiger partial charge in [-0.3, -0.25) is 4.68 Å². The van der Waals surface area contributed by atoms with Gasteiger partial charge in [-0.1, -0.05) is 26.7 Å². The number of nitrogens with one attached hydrogen (secondary N) is 1. The summed E-state index contributed by atoms with van der Waals surface area (Å²) in [6, 6.07) is 0.672. The Hall–Kier alpha value is -0.830. The fourth-order valence-corrected chi connectivity index (χ4v) is 2.68. The second-order valence-corrected chi connectivity index (χ2v) is 4.63. The maximum Gasteiger partial charge on any atom is 0.0537 e. The van der Waals surface area contributed by atoms with Crippen LogP contribution in [0.25, 0.3) is 0 Å². The normalized spacial score (nSPS) is 17.1. The number of hydrogen-bond donors (Lipinski definition) is 1. The molecule has 0 atom stereocenters. The Labute approximate surface area is 98.2 Å². The Kier molecular flexibility index (Phi) is 3.99. The predicted octanol–water partition coefficient (Wildman–Crippen LogP) is 2.67. The van der Waals surface area contributed by atoms with E-state index in [9.17, 15) is 0 Å². The minimum Gasteiger partial charge on any atom is -0.313 e. The van der Waals surface area contributed by atoms with Crippen LogP contribution in [0.5, 0.6) is 0 Å². The molecule has 1 aromatic heterocycles. The van der Waals surface area contributed by atoms with Gasteiger partial charge in [0.15, 0.2) is 0 Å². The van der Waals surface area contributed by atoms with E-state index in [0.29, 0.717) is 6.04 Å². The highest BCUT2D eigenvalue weighted by Crippen LogP contribution is 2.30. The van der Waals surface area contributed by atoms with Crippen LogP contribution < -0.4 is 5.32 Å². The molecule has 1 N–H and O–H groups in total. The molecule has 0 aromatic carbocycles. The lowest BCUT2D eigenvalue weighted by atomic mass is 10.1. The molecule has 1 aliphatic rings. The monoisotopic (exact) mass is 221 g/mol. The third kappa shape index (κ3) is 2.29. The van der Waals surface area contributed by atoms with Crippen molar-refractivity contribution in [3.63, 3.8) is 0 Å². The molecule has 16 heavy (non-hydrogen) atoms. The van der Waals surface area contributed by atoms with Crippen LogP contribution in [0, 0.1) is 0 Å². The third-order valence-electron chi connectivity index (χ3n) is 3.56. The van der Waals surface area contributed by atoms with Crippen molar-refractivity contribution in [1.29, 1.82) is 0 Å². The predicted molar refractivity (Wildman–Crippen MR) is 66.5 cm³/mol. The van der Waals surface area contributed by atoms with Crippen molar-refractivity contribution in [3.8, 4) is 0 Å². The van der Waals surface area contributed by atoms with E-state index in [-0.39, 0.29) is 0 Å². The van der Waals surface area contributed by atoms with E-state index in [0.717, 1.165) is 19.5 Å². The van der Waals surface area contributed by atoms with Crippen LogP contribution in [0.3, 0.4) is 0 Å².